The number of nitrogens with one attached hydrogen (secondary N) is 1. The number of rotatable bonds is 6. The van der Waals surface area contributed by atoms with Crippen molar-refractivity contribution in [3.8, 4) is 0 Å². The van der Waals surface area contributed by atoms with Crippen molar-refractivity contribution in [3.63, 3.8) is 0 Å². The Hall–Kier alpha value is -1.12. The van der Waals surface area contributed by atoms with Gasteiger partial charge < -0.3 is 5.32 Å². The van der Waals surface area contributed by atoms with E-state index in [9.17, 15) is 0 Å². The van der Waals surface area contributed by atoms with E-state index in [1.54, 1.807) is 0 Å². The first-order valence-corrected chi connectivity index (χ1v) is 8.47. The Labute approximate surface area is 129 Å². The van der Waals surface area contributed by atoms with Crippen LogP contribution < -0.4 is 5.32 Å². The predicted molar refractivity (Wildman–Crippen MR) is 90.2 cm³/mol. The highest BCUT2D eigenvalue weighted by atomic mass is 15.3. The van der Waals surface area contributed by atoms with E-state index in [0.717, 1.165) is 12.0 Å². The minimum Gasteiger partial charge on any atom is -0.306 e. The Morgan fingerprint density at radius 3 is 2.57 bits per heavy atom. The highest BCUT2D eigenvalue weighted by Crippen LogP contribution is 2.28. The van der Waals surface area contributed by atoms with E-state index in [-0.39, 0.29) is 0 Å². The summed E-state index contributed by atoms with van der Waals surface area (Å²) >= 11 is 0. The summed E-state index contributed by atoms with van der Waals surface area (Å²) in [5.74, 6) is 0.782. The SMILES string of the molecule is CC(C)CC1NC1C(/C=C/c1ccccc1)N1CCCC1. The summed E-state index contributed by atoms with van der Waals surface area (Å²) < 4.78 is 0. The molecule has 2 saturated heterocycles. The predicted octanol–water partition coefficient (Wildman–Crippen LogP) is 3.55. The number of nitrogens with zero attached hydrogens (tertiary/aromatic N) is 1. The number of benzene rings is 1. The molecule has 0 spiro atoms. The second-order valence-corrected chi connectivity index (χ2v) is 6.93. The summed E-state index contributed by atoms with van der Waals surface area (Å²) in [6.45, 7) is 7.16. The third-order valence-electron chi connectivity index (χ3n) is 4.67. The number of likely N-dealkylation sites (tertiary alicyclic amines) is 1. The Bertz CT molecular complexity index is 460. The largest absolute Gasteiger partial charge is 0.306 e. The number of hydrogen-bond acceptors (Lipinski definition) is 2. The monoisotopic (exact) mass is 284 g/mol. The smallest absolute Gasteiger partial charge is 0.0450 e. The lowest BCUT2D eigenvalue weighted by molar-refractivity contribution is 0.277. The fourth-order valence-corrected chi connectivity index (χ4v) is 3.53. The van der Waals surface area contributed by atoms with E-state index in [0.29, 0.717) is 12.1 Å². The molecule has 1 aromatic carbocycles. The molecule has 3 atom stereocenters. The fourth-order valence-electron chi connectivity index (χ4n) is 3.53. The van der Waals surface area contributed by atoms with Gasteiger partial charge in [0.25, 0.3) is 0 Å². The van der Waals surface area contributed by atoms with Crippen molar-refractivity contribution in [1.82, 2.24) is 10.2 Å². The maximum absolute atomic E-state index is 3.72. The van der Waals surface area contributed by atoms with Crippen molar-refractivity contribution in [2.24, 2.45) is 5.92 Å². The first-order valence-electron chi connectivity index (χ1n) is 8.47. The summed E-state index contributed by atoms with van der Waals surface area (Å²) in [4.78, 5) is 2.66. The van der Waals surface area contributed by atoms with Gasteiger partial charge in [-0.05, 0) is 43.8 Å². The molecule has 2 nitrogen and oxygen atoms in total. The van der Waals surface area contributed by atoms with Crippen molar-refractivity contribution in [2.45, 2.75) is 51.2 Å². The Kier molecular flexibility index (Phi) is 4.77. The van der Waals surface area contributed by atoms with Gasteiger partial charge in [0.1, 0.15) is 0 Å². The molecule has 0 aromatic heterocycles. The van der Waals surface area contributed by atoms with E-state index in [1.165, 1.54) is 37.9 Å². The zero-order chi connectivity index (χ0) is 14.7. The maximum Gasteiger partial charge on any atom is 0.0450 e. The molecular weight excluding hydrogens is 256 g/mol. The van der Waals surface area contributed by atoms with Crippen LogP contribution in [-0.4, -0.2) is 36.1 Å². The Balaban J connectivity index is 1.67. The zero-order valence-electron chi connectivity index (χ0n) is 13.3. The molecule has 0 radical (unpaired) electrons. The van der Waals surface area contributed by atoms with E-state index in [1.807, 2.05) is 0 Å². The van der Waals surface area contributed by atoms with Crippen LogP contribution in [0.1, 0.15) is 38.7 Å². The van der Waals surface area contributed by atoms with Gasteiger partial charge in [-0.25, -0.2) is 0 Å². The molecule has 1 N–H and O–H groups in total. The quantitative estimate of drug-likeness (QED) is 0.808. The molecule has 2 fully saturated rings. The van der Waals surface area contributed by atoms with E-state index < -0.39 is 0 Å². The molecule has 0 aliphatic carbocycles. The average Bonchev–Trinajstić information content (AvgIpc) is 3.01. The number of hydrogen-bond donors (Lipinski definition) is 1. The zero-order valence-corrected chi connectivity index (χ0v) is 13.3. The summed E-state index contributed by atoms with van der Waals surface area (Å²) in [7, 11) is 0. The lowest BCUT2D eigenvalue weighted by atomic mass is 10.0. The van der Waals surface area contributed by atoms with Gasteiger partial charge in [0.2, 0.25) is 0 Å². The molecule has 2 heterocycles. The van der Waals surface area contributed by atoms with E-state index >= 15 is 0 Å². The second-order valence-electron chi connectivity index (χ2n) is 6.93. The minimum atomic E-state index is 0.566. The van der Waals surface area contributed by atoms with E-state index in [4.69, 9.17) is 0 Å². The summed E-state index contributed by atoms with van der Waals surface area (Å²) in [5, 5.41) is 3.72. The van der Waals surface area contributed by atoms with Crippen molar-refractivity contribution in [3.05, 3.63) is 42.0 Å². The molecule has 1 aromatic rings. The van der Waals surface area contributed by atoms with Gasteiger partial charge >= 0.3 is 0 Å². The first kappa shape index (κ1) is 14.8. The van der Waals surface area contributed by atoms with Crippen LogP contribution in [-0.2, 0) is 0 Å². The molecule has 114 valence electrons. The van der Waals surface area contributed by atoms with Crippen LogP contribution in [0.25, 0.3) is 6.08 Å². The van der Waals surface area contributed by atoms with Gasteiger partial charge in [-0.3, -0.25) is 4.90 Å². The molecule has 3 unspecified atom stereocenters. The van der Waals surface area contributed by atoms with Crippen molar-refractivity contribution in [1.29, 1.82) is 0 Å². The molecule has 2 heteroatoms. The topological polar surface area (TPSA) is 25.2 Å². The third-order valence-corrected chi connectivity index (χ3v) is 4.67. The van der Waals surface area contributed by atoms with Crippen LogP contribution in [0.4, 0.5) is 0 Å². The van der Waals surface area contributed by atoms with Gasteiger partial charge in [0.15, 0.2) is 0 Å². The van der Waals surface area contributed by atoms with Crippen LogP contribution in [0, 0.1) is 5.92 Å². The van der Waals surface area contributed by atoms with Crippen LogP contribution in [0.2, 0.25) is 0 Å². The first-order chi connectivity index (χ1) is 10.2. The van der Waals surface area contributed by atoms with Crippen molar-refractivity contribution in [2.75, 3.05) is 13.1 Å². The Morgan fingerprint density at radius 1 is 1.19 bits per heavy atom. The highest BCUT2D eigenvalue weighted by Gasteiger charge is 2.43. The van der Waals surface area contributed by atoms with Gasteiger partial charge in [0.05, 0.1) is 0 Å². The van der Waals surface area contributed by atoms with E-state index in [2.05, 4.69) is 66.5 Å². The molecule has 3 rings (SSSR count). The standard InChI is InChI=1S/C19H28N2/c1-15(2)14-17-19(20-17)18(21-12-6-7-13-21)11-10-16-8-4-3-5-9-16/h3-5,8-11,15,17-20H,6-7,12-14H2,1-2H3/b11-10+. The third kappa shape index (κ3) is 3.96. The molecule has 0 saturated carbocycles. The van der Waals surface area contributed by atoms with Crippen LogP contribution in [0.3, 0.4) is 0 Å². The van der Waals surface area contributed by atoms with Gasteiger partial charge in [-0.15, -0.1) is 0 Å². The fraction of sp³-hybridized carbons (Fsp3) is 0.579. The molecule has 2 aliphatic heterocycles. The second kappa shape index (κ2) is 6.76. The molecule has 0 amide bonds. The lowest BCUT2D eigenvalue weighted by Crippen LogP contribution is -2.37. The molecular formula is C19H28N2. The lowest BCUT2D eigenvalue weighted by Gasteiger charge is -2.24. The van der Waals surface area contributed by atoms with Gasteiger partial charge in [-0.2, -0.15) is 0 Å². The van der Waals surface area contributed by atoms with Crippen LogP contribution in [0.15, 0.2) is 36.4 Å². The van der Waals surface area contributed by atoms with Gasteiger partial charge in [-0.1, -0.05) is 56.3 Å². The maximum atomic E-state index is 3.72. The molecule has 21 heavy (non-hydrogen) atoms. The molecule has 0 bridgehead atoms. The van der Waals surface area contributed by atoms with Crippen molar-refractivity contribution < 1.29 is 0 Å². The normalized spacial score (nSPS) is 27.6. The Morgan fingerprint density at radius 2 is 1.90 bits per heavy atom. The van der Waals surface area contributed by atoms with Crippen LogP contribution in [0.5, 0.6) is 0 Å². The molecule has 2 aliphatic rings. The summed E-state index contributed by atoms with van der Waals surface area (Å²) in [6, 6.07) is 12.6. The highest BCUT2D eigenvalue weighted by molar-refractivity contribution is 5.50. The summed E-state index contributed by atoms with van der Waals surface area (Å²) in [5.41, 5.74) is 1.31. The average molecular weight is 284 g/mol. The minimum absolute atomic E-state index is 0.566. The van der Waals surface area contributed by atoms with Crippen LogP contribution >= 0.6 is 0 Å². The summed E-state index contributed by atoms with van der Waals surface area (Å²) in [6.07, 6.45) is 8.75. The van der Waals surface area contributed by atoms with Crippen molar-refractivity contribution >= 4 is 6.08 Å². The van der Waals surface area contributed by atoms with Gasteiger partial charge in [0, 0.05) is 18.1 Å².